The number of hydrogen-bond acceptors (Lipinski definition) is 5. The van der Waals surface area contributed by atoms with Gasteiger partial charge in [0.05, 0.1) is 11.9 Å². The van der Waals surface area contributed by atoms with Crippen molar-refractivity contribution in [3.05, 3.63) is 54.7 Å². The Morgan fingerprint density at radius 2 is 1.62 bits per heavy atom. The maximum atomic E-state index is 9.55. The number of phenolic OH excluding ortho intramolecular Hbond substituents is 2. The largest absolute Gasteiger partial charge is 0.508 e. The fourth-order valence-electron chi connectivity index (χ4n) is 2.03. The molecule has 0 radical (unpaired) electrons. The van der Waals surface area contributed by atoms with Crippen LogP contribution >= 0.6 is 0 Å². The van der Waals surface area contributed by atoms with Gasteiger partial charge in [0.2, 0.25) is 0 Å². The van der Waals surface area contributed by atoms with Gasteiger partial charge in [-0.3, -0.25) is 0 Å². The number of benzene rings is 2. The van der Waals surface area contributed by atoms with Crippen LogP contribution in [0.25, 0.3) is 22.5 Å². The molecule has 0 atom stereocenters. The first kappa shape index (κ1) is 12.9. The van der Waals surface area contributed by atoms with E-state index in [-0.39, 0.29) is 11.5 Å². The number of nitrogen functional groups attached to an aromatic ring is 1. The van der Waals surface area contributed by atoms with Crippen LogP contribution in [0.5, 0.6) is 11.5 Å². The first-order valence-electron chi connectivity index (χ1n) is 6.35. The van der Waals surface area contributed by atoms with E-state index in [9.17, 15) is 10.2 Å². The van der Waals surface area contributed by atoms with Crippen LogP contribution in [-0.4, -0.2) is 20.2 Å². The van der Waals surface area contributed by atoms with E-state index < -0.39 is 0 Å². The lowest BCUT2D eigenvalue weighted by Crippen LogP contribution is -1.98. The Bertz CT molecular complexity index is 786. The van der Waals surface area contributed by atoms with Gasteiger partial charge in [-0.2, -0.15) is 0 Å². The van der Waals surface area contributed by atoms with E-state index in [2.05, 4.69) is 9.97 Å². The number of phenols is 2. The van der Waals surface area contributed by atoms with Crippen LogP contribution in [0.4, 0.5) is 5.82 Å². The first-order chi connectivity index (χ1) is 10.1. The van der Waals surface area contributed by atoms with Crippen molar-refractivity contribution < 1.29 is 10.2 Å². The molecule has 0 saturated carbocycles. The molecule has 3 rings (SSSR count). The highest BCUT2D eigenvalue weighted by Crippen LogP contribution is 2.28. The van der Waals surface area contributed by atoms with Gasteiger partial charge < -0.3 is 15.9 Å². The Morgan fingerprint density at radius 1 is 0.857 bits per heavy atom. The second kappa shape index (κ2) is 5.13. The standard InChI is InChI=1S/C16H13N3O2/c17-16-15(10-4-6-12(20)7-5-10)19-14(9-18-16)11-2-1-3-13(21)8-11/h1-9,20-21H,(H2,17,18). The molecule has 21 heavy (non-hydrogen) atoms. The lowest BCUT2D eigenvalue weighted by Gasteiger charge is -2.08. The van der Waals surface area contributed by atoms with Crippen molar-refractivity contribution in [3.8, 4) is 34.0 Å². The number of rotatable bonds is 2. The predicted octanol–water partition coefficient (Wildman–Crippen LogP) is 2.80. The topological polar surface area (TPSA) is 92.3 Å². The normalized spacial score (nSPS) is 10.5. The van der Waals surface area contributed by atoms with E-state index in [1.807, 2.05) is 6.07 Å². The van der Waals surface area contributed by atoms with Gasteiger partial charge >= 0.3 is 0 Å². The minimum absolute atomic E-state index is 0.164. The van der Waals surface area contributed by atoms with Gasteiger partial charge in [-0.25, -0.2) is 9.97 Å². The quantitative estimate of drug-likeness (QED) is 0.670. The minimum atomic E-state index is 0.164. The smallest absolute Gasteiger partial charge is 0.150 e. The second-order valence-corrected chi connectivity index (χ2v) is 4.59. The molecule has 1 heterocycles. The summed E-state index contributed by atoms with van der Waals surface area (Å²) in [6, 6.07) is 13.4. The van der Waals surface area contributed by atoms with Crippen molar-refractivity contribution in [2.45, 2.75) is 0 Å². The van der Waals surface area contributed by atoms with Crippen molar-refractivity contribution in [2.24, 2.45) is 0 Å². The summed E-state index contributed by atoms with van der Waals surface area (Å²) in [7, 11) is 0. The molecule has 4 N–H and O–H groups in total. The molecule has 0 aliphatic rings. The Hall–Kier alpha value is -3.08. The number of nitrogens with zero attached hydrogens (tertiary/aromatic N) is 2. The van der Waals surface area contributed by atoms with E-state index in [1.165, 1.54) is 0 Å². The molecule has 0 fully saturated rings. The van der Waals surface area contributed by atoms with Gasteiger partial charge in [-0.1, -0.05) is 12.1 Å². The zero-order valence-electron chi connectivity index (χ0n) is 11.1. The Kier molecular flexibility index (Phi) is 3.16. The summed E-state index contributed by atoms with van der Waals surface area (Å²) >= 11 is 0. The monoisotopic (exact) mass is 279 g/mol. The highest BCUT2D eigenvalue weighted by atomic mass is 16.3. The highest BCUT2D eigenvalue weighted by Gasteiger charge is 2.09. The van der Waals surface area contributed by atoms with Crippen LogP contribution in [0.1, 0.15) is 0 Å². The summed E-state index contributed by atoms with van der Waals surface area (Å²) in [5, 5.41) is 18.9. The molecular weight excluding hydrogens is 266 g/mol. The van der Waals surface area contributed by atoms with Gasteiger partial charge in [0.1, 0.15) is 23.0 Å². The van der Waals surface area contributed by atoms with Crippen LogP contribution in [0, 0.1) is 0 Å². The fraction of sp³-hybridized carbons (Fsp3) is 0. The molecule has 0 unspecified atom stereocenters. The number of nitrogens with two attached hydrogens (primary N) is 1. The number of hydrogen-bond donors (Lipinski definition) is 3. The molecule has 5 nitrogen and oxygen atoms in total. The highest BCUT2D eigenvalue weighted by molar-refractivity contribution is 5.73. The fourth-order valence-corrected chi connectivity index (χ4v) is 2.03. The van der Waals surface area contributed by atoms with E-state index in [0.29, 0.717) is 17.2 Å². The van der Waals surface area contributed by atoms with Crippen LogP contribution in [0.3, 0.4) is 0 Å². The molecular formula is C16H13N3O2. The molecule has 5 heteroatoms. The molecule has 0 aliphatic heterocycles. The number of aromatic hydroxyl groups is 2. The molecule has 0 aliphatic carbocycles. The molecule has 0 amide bonds. The summed E-state index contributed by atoms with van der Waals surface area (Å²) < 4.78 is 0. The van der Waals surface area contributed by atoms with E-state index in [0.717, 1.165) is 11.1 Å². The third kappa shape index (κ3) is 2.62. The minimum Gasteiger partial charge on any atom is -0.508 e. The third-order valence-corrected chi connectivity index (χ3v) is 3.08. The SMILES string of the molecule is Nc1ncc(-c2cccc(O)c2)nc1-c1ccc(O)cc1. The van der Waals surface area contributed by atoms with Gasteiger partial charge in [0, 0.05) is 11.1 Å². The Balaban J connectivity index is 2.10. The molecule has 104 valence electrons. The molecule has 3 aromatic rings. The van der Waals surface area contributed by atoms with Crippen LogP contribution in [0.2, 0.25) is 0 Å². The van der Waals surface area contributed by atoms with Crippen molar-refractivity contribution in [3.63, 3.8) is 0 Å². The van der Waals surface area contributed by atoms with E-state index in [4.69, 9.17) is 5.73 Å². The summed E-state index contributed by atoms with van der Waals surface area (Å²) in [6.45, 7) is 0. The third-order valence-electron chi connectivity index (χ3n) is 3.08. The number of aromatic nitrogens is 2. The van der Waals surface area contributed by atoms with Crippen LogP contribution < -0.4 is 5.73 Å². The van der Waals surface area contributed by atoms with Crippen molar-refractivity contribution in [1.29, 1.82) is 0 Å². The van der Waals surface area contributed by atoms with Crippen molar-refractivity contribution in [1.82, 2.24) is 9.97 Å². The maximum Gasteiger partial charge on any atom is 0.150 e. The Morgan fingerprint density at radius 3 is 2.33 bits per heavy atom. The van der Waals surface area contributed by atoms with E-state index in [1.54, 1.807) is 48.7 Å². The number of anilines is 1. The molecule has 0 saturated heterocycles. The van der Waals surface area contributed by atoms with Gasteiger partial charge in [-0.05, 0) is 36.4 Å². The Labute approximate surface area is 121 Å². The average Bonchev–Trinajstić information content (AvgIpc) is 2.49. The summed E-state index contributed by atoms with van der Waals surface area (Å²) in [6.07, 6.45) is 1.56. The lowest BCUT2D eigenvalue weighted by atomic mass is 10.1. The maximum absolute atomic E-state index is 9.55. The predicted molar refractivity (Wildman–Crippen MR) is 80.6 cm³/mol. The van der Waals surface area contributed by atoms with Crippen molar-refractivity contribution >= 4 is 5.82 Å². The van der Waals surface area contributed by atoms with Crippen molar-refractivity contribution in [2.75, 3.05) is 5.73 Å². The van der Waals surface area contributed by atoms with Gasteiger partial charge in [0.15, 0.2) is 0 Å². The molecule has 2 aromatic carbocycles. The van der Waals surface area contributed by atoms with Crippen LogP contribution in [0.15, 0.2) is 54.7 Å². The average molecular weight is 279 g/mol. The summed E-state index contributed by atoms with van der Waals surface area (Å²) in [5.74, 6) is 0.649. The summed E-state index contributed by atoms with van der Waals surface area (Å²) in [5.41, 5.74) is 8.55. The lowest BCUT2D eigenvalue weighted by molar-refractivity contribution is 0.475. The zero-order chi connectivity index (χ0) is 14.8. The zero-order valence-corrected chi connectivity index (χ0v) is 11.1. The molecule has 1 aromatic heterocycles. The van der Waals surface area contributed by atoms with Gasteiger partial charge in [-0.15, -0.1) is 0 Å². The molecule has 0 spiro atoms. The second-order valence-electron chi connectivity index (χ2n) is 4.59. The van der Waals surface area contributed by atoms with Crippen LogP contribution in [-0.2, 0) is 0 Å². The van der Waals surface area contributed by atoms with E-state index >= 15 is 0 Å². The molecule has 0 bridgehead atoms. The first-order valence-corrected chi connectivity index (χ1v) is 6.35. The summed E-state index contributed by atoms with van der Waals surface area (Å²) in [4.78, 5) is 8.66. The van der Waals surface area contributed by atoms with Gasteiger partial charge in [0.25, 0.3) is 0 Å².